The van der Waals surface area contributed by atoms with Gasteiger partial charge in [0.25, 0.3) is 0 Å². The van der Waals surface area contributed by atoms with E-state index in [0.717, 1.165) is 11.3 Å². The van der Waals surface area contributed by atoms with Crippen LogP contribution in [-0.4, -0.2) is 16.1 Å². The van der Waals surface area contributed by atoms with Gasteiger partial charge in [-0.3, -0.25) is 9.78 Å². The number of nitrogens with zero attached hydrogens (tertiary/aromatic N) is 1. The summed E-state index contributed by atoms with van der Waals surface area (Å²) in [6, 6.07) is 3.93. The number of carboxylic acid groups (broad SMARTS) is 1. The van der Waals surface area contributed by atoms with Crippen LogP contribution in [0, 0.1) is 0 Å². The molecular formula is C14H19NO2. The van der Waals surface area contributed by atoms with Gasteiger partial charge in [-0.05, 0) is 30.9 Å². The number of aliphatic carboxylic acids is 1. The van der Waals surface area contributed by atoms with Gasteiger partial charge in [0.15, 0.2) is 0 Å². The maximum atomic E-state index is 10.6. The first kappa shape index (κ1) is 12.1. The van der Waals surface area contributed by atoms with E-state index in [1.807, 2.05) is 18.3 Å². The number of pyridine rings is 1. The molecule has 3 nitrogen and oxygen atoms in total. The number of hydrogen-bond donors (Lipinski definition) is 1. The highest BCUT2D eigenvalue weighted by Gasteiger charge is 2.19. The molecule has 0 saturated heterocycles. The average molecular weight is 233 g/mol. The molecule has 0 aliphatic heterocycles. The zero-order valence-corrected chi connectivity index (χ0v) is 10.1. The first-order chi connectivity index (χ1) is 8.27. The molecule has 92 valence electrons. The van der Waals surface area contributed by atoms with E-state index in [1.54, 1.807) is 0 Å². The van der Waals surface area contributed by atoms with Gasteiger partial charge in [-0.15, -0.1) is 0 Å². The Morgan fingerprint density at radius 3 is 2.82 bits per heavy atom. The molecule has 1 aliphatic carbocycles. The van der Waals surface area contributed by atoms with Crippen LogP contribution in [0.25, 0.3) is 0 Å². The molecule has 3 heteroatoms. The summed E-state index contributed by atoms with van der Waals surface area (Å²) in [5.74, 6) is -0.183. The molecular weight excluding hydrogens is 214 g/mol. The lowest BCUT2D eigenvalue weighted by atomic mass is 9.84. The van der Waals surface area contributed by atoms with E-state index in [9.17, 15) is 4.79 Å². The molecule has 17 heavy (non-hydrogen) atoms. The summed E-state index contributed by atoms with van der Waals surface area (Å²) in [5, 5.41) is 8.76. The molecule has 1 aromatic heterocycles. The molecule has 0 unspecified atom stereocenters. The predicted molar refractivity (Wildman–Crippen MR) is 66.0 cm³/mol. The molecule has 1 saturated carbocycles. The second-order valence-corrected chi connectivity index (χ2v) is 4.78. The normalized spacial score (nSPS) is 16.9. The van der Waals surface area contributed by atoms with Gasteiger partial charge in [0.2, 0.25) is 0 Å². The minimum absolute atomic E-state index is 0.200. The van der Waals surface area contributed by atoms with Gasteiger partial charge in [-0.1, -0.05) is 25.3 Å². The van der Waals surface area contributed by atoms with Crippen LogP contribution in [-0.2, 0) is 11.2 Å². The van der Waals surface area contributed by atoms with E-state index in [0.29, 0.717) is 12.3 Å². The molecule has 0 bridgehead atoms. The lowest BCUT2D eigenvalue weighted by molar-refractivity contribution is -0.136. The number of aryl methyl sites for hydroxylation is 1. The highest BCUT2D eigenvalue weighted by Crippen LogP contribution is 2.33. The monoisotopic (exact) mass is 233 g/mol. The summed E-state index contributed by atoms with van der Waals surface area (Å²) in [5.41, 5.74) is 2.27. The van der Waals surface area contributed by atoms with Crippen LogP contribution in [0.15, 0.2) is 18.3 Å². The molecule has 0 atom stereocenters. The molecule has 1 heterocycles. The van der Waals surface area contributed by atoms with Crippen molar-refractivity contribution in [1.29, 1.82) is 0 Å². The van der Waals surface area contributed by atoms with E-state index in [4.69, 9.17) is 5.11 Å². The molecule has 1 N–H and O–H groups in total. The zero-order chi connectivity index (χ0) is 12.1. The number of hydrogen-bond acceptors (Lipinski definition) is 2. The van der Waals surface area contributed by atoms with E-state index in [-0.39, 0.29) is 6.42 Å². The van der Waals surface area contributed by atoms with Crippen molar-refractivity contribution < 1.29 is 9.90 Å². The maximum absolute atomic E-state index is 10.6. The van der Waals surface area contributed by atoms with Crippen molar-refractivity contribution >= 4 is 5.97 Å². The molecule has 0 spiro atoms. The first-order valence-corrected chi connectivity index (χ1v) is 6.43. The Labute approximate surface area is 102 Å². The summed E-state index contributed by atoms with van der Waals surface area (Å²) in [4.78, 5) is 15.1. The van der Waals surface area contributed by atoms with Gasteiger partial charge in [-0.25, -0.2) is 0 Å². The van der Waals surface area contributed by atoms with Gasteiger partial charge in [0.05, 0.1) is 0 Å². The summed E-state index contributed by atoms with van der Waals surface area (Å²) in [6.45, 7) is 0. The fraction of sp³-hybridized carbons (Fsp3) is 0.571. The van der Waals surface area contributed by atoms with Gasteiger partial charge in [0.1, 0.15) is 0 Å². The molecule has 1 fully saturated rings. The number of aromatic nitrogens is 1. The lowest BCUT2D eigenvalue weighted by Crippen LogP contribution is -2.10. The second-order valence-electron chi connectivity index (χ2n) is 4.78. The Morgan fingerprint density at radius 1 is 1.35 bits per heavy atom. The summed E-state index contributed by atoms with van der Waals surface area (Å²) < 4.78 is 0. The average Bonchev–Trinajstić information content (AvgIpc) is 2.38. The van der Waals surface area contributed by atoms with Crippen LogP contribution in [0.2, 0.25) is 0 Å². The Kier molecular flexibility index (Phi) is 4.13. The summed E-state index contributed by atoms with van der Waals surface area (Å²) >= 11 is 0. The van der Waals surface area contributed by atoms with Crippen LogP contribution in [0.1, 0.15) is 55.7 Å². The maximum Gasteiger partial charge on any atom is 0.303 e. The lowest BCUT2D eigenvalue weighted by Gasteiger charge is -2.23. The van der Waals surface area contributed by atoms with Gasteiger partial charge < -0.3 is 5.11 Å². The van der Waals surface area contributed by atoms with Gasteiger partial charge >= 0.3 is 5.97 Å². The minimum atomic E-state index is -0.733. The van der Waals surface area contributed by atoms with Gasteiger partial charge in [0, 0.05) is 24.2 Å². The number of carboxylic acids is 1. The van der Waals surface area contributed by atoms with E-state index >= 15 is 0 Å². The summed E-state index contributed by atoms with van der Waals surface area (Å²) in [7, 11) is 0. The third-order valence-electron chi connectivity index (χ3n) is 3.53. The predicted octanol–water partition coefficient (Wildman–Crippen LogP) is 3.15. The zero-order valence-electron chi connectivity index (χ0n) is 10.1. The Hall–Kier alpha value is -1.38. The number of rotatable bonds is 4. The molecule has 0 aromatic carbocycles. The van der Waals surface area contributed by atoms with Crippen LogP contribution in [0.3, 0.4) is 0 Å². The van der Waals surface area contributed by atoms with Crippen LogP contribution < -0.4 is 0 Å². The minimum Gasteiger partial charge on any atom is -0.481 e. The third-order valence-corrected chi connectivity index (χ3v) is 3.53. The largest absolute Gasteiger partial charge is 0.481 e. The Balaban J connectivity index is 2.11. The Morgan fingerprint density at radius 2 is 2.12 bits per heavy atom. The fourth-order valence-corrected chi connectivity index (χ4v) is 2.65. The quantitative estimate of drug-likeness (QED) is 0.869. The molecule has 2 rings (SSSR count). The molecule has 1 aliphatic rings. The van der Waals surface area contributed by atoms with E-state index in [2.05, 4.69) is 4.98 Å². The molecule has 1 aromatic rings. The van der Waals surface area contributed by atoms with Crippen LogP contribution >= 0.6 is 0 Å². The SMILES string of the molecule is O=C(O)CCc1cccnc1C1CCCCC1. The van der Waals surface area contributed by atoms with Crippen molar-refractivity contribution in [3.8, 4) is 0 Å². The van der Waals surface area contributed by atoms with Crippen LogP contribution in [0.5, 0.6) is 0 Å². The van der Waals surface area contributed by atoms with E-state index in [1.165, 1.54) is 32.1 Å². The topological polar surface area (TPSA) is 50.2 Å². The second kappa shape index (κ2) is 5.80. The van der Waals surface area contributed by atoms with Crippen molar-refractivity contribution in [2.75, 3.05) is 0 Å². The fourth-order valence-electron chi connectivity index (χ4n) is 2.65. The Bertz CT molecular complexity index is 384. The molecule has 0 radical (unpaired) electrons. The molecule has 0 amide bonds. The van der Waals surface area contributed by atoms with Crippen LogP contribution in [0.4, 0.5) is 0 Å². The van der Waals surface area contributed by atoms with Crippen molar-refractivity contribution in [3.05, 3.63) is 29.6 Å². The third kappa shape index (κ3) is 3.29. The number of carbonyl (C=O) groups is 1. The van der Waals surface area contributed by atoms with Gasteiger partial charge in [-0.2, -0.15) is 0 Å². The summed E-state index contributed by atoms with van der Waals surface area (Å²) in [6.07, 6.45) is 8.93. The van der Waals surface area contributed by atoms with Crippen molar-refractivity contribution in [1.82, 2.24) is 4.98 Å². The highest BCUT2D eigenvalue weighted by molar-refractivity contribution is 5.67. The highest BCUT2D eigenvalue weighted by atomic mass is 16.4. The van der Waals surface area contributed by atoms with Crippen molar-refractivity contribution in [3.63, 3.8) is 0 Å². The van der Waals surface area contributed by atoms with Crippen molar-refractivity contribution in [2.24, 2.45) is 0 Å². The van der Waals surface area contributed by atoms with E-state index < -0.39 is 5.97 Å². The first-order valence-electron chi connectivity index (χ1n) is 6.43. The smallest absolute Gasteiger partial charge is 0.303 e. The standard InChI is InChI=1S/C14H19NO2/c16-13(17)9-8-12-7-4-10-15-14(12)11-5-2-1-3-6-11/h4,7,10-11H,1-3,5-6,8-9H2,(H,16,17). The van der Waals surface area contributed by atoms with Crippen molar-refractivity contribution in [2.45, 2.75) is 50.9 Å².